The lowest BCUT2D eigenvalue weighted by Crippen LogP contribution is -2.05. The number of nitrogens with one attached hydrogen (secondary N) is 1. The third-order valence-electron chi connectivity index (χ3n) is 2.65. The minimum Gasteiger partial charge on any atom is -0.486 e. The van der Waals surface area contributed by atoms with Gasteiger partial charge < -0.3 is 14.6 Å². The van der Waals surface area contributed by atoms with E-state index in [9.17, 15) is 0 Å². The van der Waals surface area contributed by atoms with Gasteiger partial charge in [-0.25, -0.2) is 4.98 Å². The Labute approximate surface area is 101 Å². The summed E-state index contributed by atoms with van der Waals surface area (Å²) in [7, 11) is 1.90. The van der Waals surface area contributed by atoms with E-state index in [1.165, 1.54) is 0 Å². The van der Waals surface area contributed by atoms with Crippen molar-refractivity contribution in [3.05, 3.63) is 42.5 Å². The molecule has 4 heteroatoms. The van der Waals surface area contributed by atoms with Crippen LogP contribution in [-0.4, -0.2) is 16.6 Å². The molecule has 1 heterocycles. The number of ether oxygens (including phenoxy) is 1. The Morgan fingerprint density at radius 1 is 1.29 bits per heavy atom. The molecule has 0 aliphatic rings. The summed E-state index contributed by atoms with van der Waals surface area (Å²) in [6.07, 6.45) is 3.76. The Kier molecular flexibility index (Phi) is 3.65. The first kappa shape index (κ1) is 11.5. The number of imidazole rings is 1. The summed E-state index contributed by atoms with van der Waals surface area (Å²) in [4.78, 5) is 4.26. The Balaban J connectivity index is 1.97. The minimum atomic E-state index is 0.500. The molecule has 2 rings (SSSR count). The Morgan fingerprint density at radius 2 is 2.06 bits per heavy atom. The van der Waals surface area contributed by atoms with E-state index in [0.29, 0.717) is 6.61 Å². The van der Waals surface area contributed by atoms with Crippen LogP contribution in [-0.2, 0) is 13.2 Å². The number of rotatable bonds is 5. The average molecular weight is 231 g/mol. The van der Waals surface area contributed by atoms with E-state index in [1.54, 1.807) is 6.20 Å². The second-order valence-corrected chi connectivity index (χ2v) is 3.69. The first-order valence-corrected chi connectivity index (χ1v) is 5.74. The van der Waals surface area contributed by atoms with Gasteiger partial charge in [-0.05, 0) is 31.2 Å². The summed E-state index contributed by atoms with van der Waals surface area (Å²) in [5, 5.41) is 3.07. The normalized spacial score (nSPS) is 10.2. The highest BCUT2D eigenvalue weighted by Crippen LogP contribution is 2.16. The zero-order valence-corrected chi connectivity index (χ0v) is 10.2. The number of hydrogen-bond donors (Lipinski definition) is 1. The monoisotopic (exact) mass is 231 g/mol. The quantitative estimate of drug-likeness (QED) is 0.859. The topological polar surface area (TPSA) is 39.1 Å². The van der Waals surface area contributed by atoms with Gasteiger partial charge in [0, 0.05) is 31.7 Å². The molecule has 1 aromatic heterocycles. The molecular formula is C13H17N3O. The van der Waals surface area contributed by atoms with Crippen molar-refractivity contribution in [2.45, 2.75) is 20.1 Å². The maximum atomic E-state index is 5.68. The van der Waals surface area contributed by atoms with Crippen LogP contribution in [0.15, 0.2) is 36.7 Å². The van der Waals surface area contributed by atoms with E-state index >= 15 is 0 Å². The number of anilines is 1. The molecule has 0 spiro atoms. The highest BCUT2D eigenvalue weighted by Gasteiger charge is 2.02. The summed E-state index contributed by atoms with van der Waals surface area (Å²) >= 11 is 0. The summed E-state index contributed by atoms with van der Waals surface area (Å²) in [5.74, 6) is 1.81. The van der Waals surface area contributed by atoms with Crippen LogP contribution in [0.4, 0.5) is 5.69 Å². The first-order chi connectivity index (χ1) is 8.33. The van der Waals surface area contributed by atoms with E-state index in [4.69, 9.17) is 4.74 Å². The standard InChI is InChI=1S/C13H17N3O/c1-3-16-9-8-15-13(16)10-17-12-6-4-11(14-2)5-7-12/h4-9,14H,3,10H2,1-2H3. The van der Waals surface area contributed by atoms with Crippen molar-refractivity contribution in [3.63, 3.8) is 0 Å². The highest BCUT2D eigenvalue weighted by atomic mass is 16.5. The fourth-order valence-electron chi connectivity index (χ4n) is 1.63. The predicted molar refractivity (Wildman–Crippen MR) is 68.2 cm³/mol. The van der Waals surface area contributed by atoms with Crippen molar-refractivity contribution < 1.29 is 4.74 Å². The van der Waals surface area contributed by atoms with Crippen molar-refractivity contribution in [1.82, 2.24) is 9.55 Å². The van der Waals surface area contributed by atoms with Crippen LogP contribution in [0.5, 0.6) is 5.75 Å². The van der Waals surface area contributed by atoms with Crippen LogP contribution in [0, 0.1) is 0 Å². The smallest absolute Gasteiger partial charge is 0.146 e. The summed E-state index contributed by atoms with van der Waals surface area (Å²) in [6, 6.07) is 7.87. The van der Waals surface area contributed by atoms with Crippen LogP contribution in [0.1, 0.15) is 12.7 Å². The van der Waals surface area contributed by atoms with Gasteiger partial charge in [0.2, 0.25) is 0 Å². The van der Waals surface area contributed by atoms with Gasteiger partial charge in [-0.3, -0.25) is 0 Å². The lowest BCUT2D eigenvalue weighted by atomic mass is 10.3. The molecule has 0 aliphatic carbocycles. The molecule has 0 radical (unpaired) electrons. The number of hydrogen-bond acceptors (Lipinski definition) is 3. The second-order valence-electron chi connectivity index (χ2n) is 3.69. The Morgan fingerprint density at radius 3 is 2.71 bits per heavy atom. The highest BCUT2D eigenvalue weighted by molar-refractivity contribution is 5.45. The molecule has 0 bridgehead atoms. The third-order valence-corrected chi connectivity index (χ3v) is 2.65. The molecule has 0 aliphatic heterocycles. The lowest BCUT2D eigenvalue weighted by molar-refractivity contribution is 0.290. The van der Waals surface area contributed by atoms with Gasteiger partial charge in [0.25, 0.3) is 0 Å². The van der Waals surface area contributed by atoms with Crippen molar-refractivity contribution in [3.8, 4) is 5.75 Å². The molecule has 4 nitrogen and oxygen atoms in total. The Bertz CT molecular complexity index is 462. The Hall–Kier alpha value is -1.97. The van der Waals surface area contributed by atoms with Gasteiger partial charge in [0.1, 0.15) is 18.2 Å². The zero-order chi connectivity index (χ0) is 12.1. The molecular weight excluding hydrogens is 214 g/mol. The summed E-state index contributed by atoms with van der Waals surface area (Å²) < 4.78 is 7.75. The largest absolute Gasteiger partial charge is 0.486 e. The van der Waals surface area contributed by atoms with Crippen LogP contribution >= 0.6 is 0 Å². The van der Waals surface area contributed by atoms with Crippen LogP contribution in [0.3, 0.4) is 0 Å². The lowest BCUT2D eigenvalue weighted by Gasteiger charge is -2.08. The number of nitrogens with zero attached hydrogens (tertiary/aromatic N) is 2. The van der Waals surface area contributed by atoms with Crippen molar-refractivity contribution in [2.24, 2.45) is 0 Å². The maximum absolute atomic E-state index is 5.68. The maximum Gasteiger partial charge on any atom is 0.146 e. The fourth-order valence-corrected chi connectivity index (χ4v) is 1.63. The summed E-state index contributed by atoms with van der Waals surface area (Å²) in [6.45, 7) is 3.50. The average Bonchev–Trinajstić information content (AvgIpc) is 2.84. The van der Waals surface area contributed by atoms with Gasteiger partial charge >= 0.3 is 0 Å². The van der Waals surface area contributed by atoms with E-state index in [-0.39, 0.29) is 0 Å². The number of benzene rings is 1. The summed E-state index contributed by atoms with van der Waals surface area (Å²) in [5.41, 5.74) is 1.08. The molecule has 0 fully saturated rings. The van der Waals surface area contributed by atoms with Crippen LogP contribution < -0.4 is 10.1 Å². The molecule has 2 aromatic rings. The van der Waals surface area contributed by atoms with E-state index in [1.807, 2.05) is 37.5 Å². The molecule has 1 N–H and O–H groups in total. The molecule has 0 saturated heterocycles. The third kappa shape index (κ3) is 2.78. The second kappa shape index (κ2) is 5.39. The predicted octanol–water partition coefficient (Wildman–Crippen LogP) is 2.52. The number of aryl methyl sites for hydroxylation is 1. The van der Waals surface area contributed by atoms with Gasteiger partial charge in [0.05, 0.1) is 0 Å². The fraction of sp³-hybridized carbons (Fsp3) is 0.308. The van der Waals surface area contributed by atoms with Crippen molar-refractivity contribution in [2.75, 3.05) is 12.4 Å². The molecule has 90 valence electrons. The van der Waals surface area contributed by atoms with Gasteiger partial charge in [-0.2, -0.15) is 0 Å². The van der Waals surface area contributed by atoms with E-state index in [0.717, 1.165) is 23.8 Å². The molecule has 0 atom stereocenters. The molecule has 0 unspecified atom stereocenters. The zero-order valence-electron chi connectivity index (χ0n) is 10.2. The molecule has 0 saturated carbocycles. The SMILES string of the molecule is CCn1ccnc1COc1ccc(NC)cc1. The van der Waals surface area contributed by atoms with Crippen molar-refractivity contribution >= 4 is 5.69 Å². The molecule has 1 aromatic carbocycles. The van der Waals surface area contributed by atoms with Crippen molar-refractivity contribution in [1.29, 1.82) is 0 Å². The molecule has 0 amide bonds. The van der Waals surface area contributed by atoms with Crippen LogP contribution in [0.2, 0.25) is 0 Å². The van der Waals surface area contributed by atoms with Crippen LogP contribution in [0.25, 0.3) is 0 Å². The van der Waals surface area contributed by atoms with Gasteiger partial charge in [0.15, 0.2) is 0 Å². The van der Waals surface area contributed by atoms with Gasteiger partial charge in [-0.1, -0.05) is 0 Å². The number of aromatic nitrogens is 2. The van der Waals surface area contributed by atoms with E-state index in [2.05, 4.69) is 21.8 Å². The first-order valence-electron chi connectivity index (χ1n) is 5.74. The minimum absolute atomic E-state index is 0.500. The van der Waals surface area contributed by atoms with Gasteiger partial charge in [-0.15, -0.1) is 0 Å². The van der Waals surface area contributed by atoms with E-state index < -0.39 is 0 Å². The molecule has 17 heavy (non-hydrogen) atoms.